The van der Waals surface area contributed by atoms with Gasteiger partial charge in [0.05, 0.1) is 5.70 Å². The molecule has 90 valence electrons. The molecule has 0 aliphatic carbocycles. The fourth-order valence-electron chi connectivity index (χ4n) is 1.68. The molecule has 17 heavy (non-hydrogen) atoms. The van der Waals surface area contributed by atoms with Crippen molar-refractivity contribution >= 4 is 17.4 Å². The molecule has 0 aromatic carbocycles. The van der Waals surface area contributed by atoms with Crippen LogP contribution in [0.1, 0.15) is 12.0 Å². The van der Waals surface area contributed by atoms with E-state index >= 15 is 0 Å². The number of nitrogens with two attached hydrogens (primary N) is 2. The van der Waals surface area contributed by atoms with Gasteiger partial charge in [0.2, 0.25) is 5.91 Å². The minimum atomic E-state index is -0.216. The van der Waals surface area contributed by atoms with Crippen LogP contribution < -0.4 is 22.1 Å². The van der Waals surface area contributed by atoms with Crippen LogP contribution in [0.2, 0.25) is 0 Å². The van der Waals surface area contributed by atoms with Crippen LogP contribution in [-0.4, -0.2) is 23.5 Å². The Bertz CT molecular complexity index is 457. The Morgan fingerprint density at radius 3 is 3.12 bits per heavy atom. The molecule has 1 aliphatic heterocycles. The van der Waals surface area contributed by atoms with Crippen LogP contribution in [-0.2, 0) is 4.79 Å². The zero-order valence-electron chi connectivity index (χ0n) is 9.31. The summed E-state index contributed by atoms with van der Waals surface area (Å²) in [7, 11) is 0. The molecule has 1 amide bonds. The number of nitrogens with one attached hydrogen (secondary N) is 2. The van der Waals surface area contributed by atoms with Crippen molar-refractivity contribution in [2.24, 2.45) is 5.73 Å². The fourth-order valence-corrected chi connectivity index (χ4v) is 1.68. The molecule has 0 saturated carbocycles. The smallest absolute Gasteiger partial charge is 0.242 e. The van der Waals surface area contributed by atoms with Crippen LogP contribution in [0.4, 0.5) is 5.82 Å². The van der Waals surface area contributed by atoms with Gasteiger partial charge in [0.1, 0.15) is 11.9 Å². The second-order valence-corrected chi connectivity index (χ2v) is 3.83. The summed E-state index contributed by atoms with van der Waals surface area (Å²) in [5.41, 5.74) is 12.7. The first kappa shape index (κ1) is 11.3. The molecule has 0 bridgehead atoms. The van der Waals surface area contributed by atoms with Crippen molar-refractivity contribution in [3.63, 3.8) is 0 Å². The Labute approximate surface area is 99.1 Å². The Balaban J connectivity index is 2.07. The number of hydrogen-bond donors (Lipinski definition) is 4. The molecular formula is C11H15N5O. The van der Waals surface area contributed by atoms with E-state index in [0.29, 0.717) is 23.6 Å². The number of amides is 1. The molecule has 2 heterocycles. The highest BCUT2D eigenvalue weighted by molar-refractivity contribution is 5.84. The number of hydrogen-bond acceptors (Lipinski definition) is 5. The van der Waals surface area contributed by atoms with Gasteiger partial charge in [-0.3, -0.25) is 4.79 Å². The lowest BCUT2D eigenvalue weighted by molar-refractivity contribution is -0.120. The maximum Gasteiger partial charge on any atom is 0.242 e. The quantitative estimate of drug-likeness (QED) is 0.558. The zero-order valence-corrected chi connectivity index (χ0v) is 9.31. The molecule has 0 spiro atoms. The Hall–Kier alpha value is -2.24. The molecule has 6 nitrogen and oxygen atoms in total. The molecular weight excluding hydrogens is 218 g/mol. The number of aromatic nitrogens is 1. The van der Waals surface area contributed by atoms with E-state index in [2.05, 4.69) is 15.6 Å². The minimum Gasteiger partial charge on any atom is -0.397 e. The van der Waals surface area contributed by atoms with E-state index in [4.69, 9.17) is 11.5 Å². The molecule has 1 saturated heterocycles. The monoisotopic (exact) mass is 233 g/mol. The lowest BCUT2D eigenvalue weighted by atomic mass is 10.2. The summed E-state index contributed by atoms with van der Waals surface area (Å²) in [6.07, 6.45) is 3.96. The lowest BCUT2D eigenvalue weighted by Gasteiger charge is -2.09. The summed E-state index contributed by atoms with van der Waals surface area (Å²) >= 11 is 0. The third-order valence-corrected chi connectivity index (χ3v) is 2.64. The van der Waals surface area contributed by atoms with E-state index < -0.39 is 0 Å². The maximum absolute atomic E-state index is 11.3. The number of carbonyl (C=O) groups excluding carboxylic acids is 1. The first-order valence-electron chi connectivity index (χ1n) is 5.39. The molecule has 1 unspecified atom stereocenters. The topological polar surface area (TPSA) is 106 Å². The number of carbonyl (C=O) groups is 1. The van der Waals surface area contributed by atoms with E-state index in [9.17, 15) is 4.79 Å². The van der Waals surface area contributed by atoms with Gasteiger partial charge in [0.15, 0.2) is 0 Å². The van der Waals surface area contributed by atoms with Crippen molar-refractivity contribution in [2.45, 2.75) is 12.5 Å². The fraction of sp³-hybridized carbons (Fsp3) is 0.273. The van der Waals surface area contributed by atoms with Crippen LogP contribution >= 0.6 is 0 Å². The third kappa shape index (κ3) is 2.47. The summed E-state index contributed by atoms with van der Waals surface area (Å²) in [6, 6.07) is 3.32. The summed E-state index contributed by atoms with van der Waals surface area (Å²) in [6.45, 7) is 0.694. The highest BCUT2D eigenvalue weighted by Gasteiger charge is 2.22. The number of rotatable bonds is 3. The number of nitrogens with zero attached hydrogens (tertiary/aromatic N) is 1. The van der Waals surface area contributed by atoms with Gasteiger partial charge in [-0.2, -0.15) is 0 Å². The van der Waals surface area contributed by atoms with Gasteiger partial charge < -0.3 is 22.1 Å². The van der Waals surface area contributed by atoms with Crippen molar-refractivity contribution in [3.05, 3.63) is 30.1 Å². The SMILES string of the molecule is N/C(=C\NC1CCNC1=O)c1cccnc1N. The van der Waals surface area contributed by atoms with Crippen LogP contribution in [0.5, 0.6) is 0 Å². The van der Waals surface area contributed by atoms with Gasteiger partial charge in [0, 0.05) is 24.5 Å². The lowest BCUT2D eigenvalue weighted by Crippen LogP contribution is -2.33. The molecule has 1 aliphatic rings. The maximum atomic E-state index is 11.3. The Kier molecular flexibility index (Phi) is 3.13. The van der Waals surface area contributed by atoms with Gasteiger partial charge in [-0.25, -0.2) is 4.98 Å². The predicted octanol–water partition coefficient (Wildman–Crippen LogP) is -0.601. The second kappa shape index (κ2) is 4.73. The Morgan fingerprint density at radius 1 is 1.65 bits per heavy atom. The predicted molar refractivity (Wildman–Crippen MR) is 65.4 cm³/mol. The summed E-state index contributed by atoms with van der Waals surface area (Å²) in [5, 5.41) is 5.71. The Morgan fingerprint density at radius 2 is 2.47 bits per heavy atom. The molecule has 0 radical (unpaired) electrons. The third-order valence-electron chi connectivity index (χ3n) is 2.64. The van der Waals surface area contributed by atoms with Crippen molar-refractivity contribution in [2.75, 3.05) is 12.3 Å². The molecule has 2 rings (SSSR count). The molecule has 1 aromatic heterocycles. The average molecular weight is 233 g/mol. The minimum absolute atomic E-state index is 0.00629. The van der Waals surface area contributed by atoms with Gasteiger partial charge in [-0.1, -0.05) is 0 Å². The van der Waals surface area contributed by atoms with E-state index in [1.54, 1.807) is 24.5 Å². The summed E-state index contributed by atoms with van der Waals surface area (Å²) in [5.74, 6) is 0.368. The van der Waals surface area contributed by atoms with Crippen molar-refractivity contribution in [1.82, 2.24) is 15.6 Å². The van der Waals surface area contributed by atoms with Gasteiger partial charge in [-0.05, 0) is 18.6 Å². The van der Waals surface area contributed by atoms with Crippen molar-refractivity contribution < 1.29 is 4.79 Å². The van der Waals surface area contributed by atoms with E-state index in [-0.39, 0.29) is 11.9 Å². The van der Waals surface area contributed by atoms with Crippen LogP contribution in [0.3, 0.4) is 0 Å². The van der Waals surface area contributed by atoms with E-state index in [0.717, 1.165) is 6.42 Å². The van der Waals surface area contributed by atoms with Crippen molar-refractivity contribution in [1.29, 1.82) is 0 Å². The first-order valence-corrected chi connectivity index (χ1v) is 5.39. The molecule has 1 atom stereocenters. The summed E-state index contributed by atoms with van der Waals surface area (Å²) < 4.78 is 0. The van der Waals surface area contributed by atoms with Crippen LogP contribution in [0.25, 0.3) is 5.70 Å². The van der Waals surface area contributed by atoms with Crippen LogP contribution in [0.15, 0.2) is 24.5 Å². The second-order valence-electron chi connectivity index (χ2n) is 3.83. The van der Waals surface area contributed by atoms with Gasteiger partial charge in [-0.15, -0.1) is 0 Å². The number of nitrogen functional groups attached to an aromatic ring is 1. The average Bonchev–Trinajstić information content (AvgIpc) is 2.72. The van der Waals surface area contributed by atoms with Crippen LogP contribution in [0, 0.1) is 0 Å². The zero-order chi connectivity index (χ0) is 12.3. The highest BCUT2D eigenvalue weighted by Crippen LogP contribution is 2.13. The molecule has 6 heteroatoms. The largest absolute Gasteiger partial charge is 0.397 e. The summed E-state index contributed by atoms with van der Waals surface area (Å²) in [4.78, 5) is 15.3. The number of anilines is 1. The molecule has 1 aromatic rings. The normalized spacial score (nSPS) is 20.1. The van der Waals surface area contributed by atoms with Gasteiger partial charge >= 0.3 is 0 Å². The van der Waals surface area contributed by atoms with E-state index in [1.807, 2.05) is 0 Å². The standard InChI is InChI=1S/C11H15N5O/c12-8(7-2-1-4-14-10(7)13)6-16-9-3-5-15-11(9)17/h1-2,4,6,9,16H,3,5,12H2,(H2,13,14)(H,15,17)/b8-6-. The molecule has 1 fully saturated rings. The van der Waals surface area contributed by atoms with Crippen molar-refractivity contribution in [3.8, 4) is 0 Å². The first-order chi connectivity index (χ1) is 8.18. The van der Waals surface area contributed by atoms with Gasteiger partial charge in [0.25, 0.3) is 0 Å². The number of pyridine rings is 1. The highest BCUT2D eigenvalue weighted by atomic mass is 16.2. The van der Waals surface area contributed by atoms with E-state index in [1.165, 1.54) is 0 Å². The molecule has 6 N–H and O–H groups in total.